The van der Waals surface area contributed by atoms with Crippen LogP contribution >= 0.6 is 23.2 Å². The zero-order valence-corrected chi connectivity index (χ0v) is 23.3. The van der Waals surface area contributed by atoms with Crippen molar-refractivity contribution in [2.45, 2.75) is 59.7 Å². The number of carbonyl (C=O) groups excluding carboxylic acids is 2. The number of amides is 2. The Labute approximate surface area is 218 Å². The normalized spacial score (nSPS) is 13.1. The fraction of sp³-hybridized carbons (Fsp3) is 0.440. The molecule has 0 aromatic heterocycles. The van der Waals surface area contributed by atoms with E-state index >= 15 is 0 Å². The minimum atomic E-state index is -3.79. The molecule has 0 bridgehead atoms. The quantitative estimate of drug-likeness (QED) is 0.471. The maximum atomic E-state index is 13.6. The van der Waals surface area contributed by atoms with Gasteiger partial charge in [0.25, 0.3) is 0 Å². The van der Waals surface area contributed by atoms with Crippen molar-refractivity contribution in [3.8, 4) is 0 Å². The van der Waals surface area contributed by atoms with Crippen LogP contribution in [-0.2, 0) is 26.2 Å². The van der Waals surface area contributed by atoms with Crippen LogP contribution in [0.1, 0.15) is 43.9 Å². The molecule has 2 unspecified atom stereocenters. The molecule has 0 saturated heterocycles. The van der Waals surface area contributed by atoms with Crippen molar-refractivity contribution in [2.75, 3.05) is 17.1 Å². The van der Waals surface area contributed by atoms with Crippen LogP contribution in [0.3, 0.4) is 0 Å². The Balaban J connectivity index is 2.45. The summed E-state index contributed by atoms with van der Waals surface area (Å²) in [6, 6.07) is 9.27. The molecule has 0 fully saturated rings. The zero-order valence-electron chi connectivity index (χ0n) is 20.9. The van der Waals surface area contributed by atoms with E-state index in [9.17, 15) is 18.0 Å². The van der Waals surface area contributed by atoms with Gasteiger partial charge in [-0.2, -0.15) is 0 Å². The smallest absolute Gasteiger partial charge is 0.244 e. The summed E-state index contributed by atoms with van der Waals surface area (Å²) in [6.07, 6.45) is 1.78. The van der Waals surface area contributed by atoms with Crippen molar-refractivity contribution in [3.05, 3.63) is 63.1 Å². The van der Waals surface area contributed by atoms with Crippen LogP contribution in [0.25, 0.3) is 0 Å². The van der Waals surface area contributed by atoms with Crippen LogP contribution in [0.4, 0.5) is 5.69 Å². The first-order valence-corrected chi connectivity index (χ1v) is 13.9. The Morgan fingerprint density at radius 1 is 1.03 bits per heavy atom. The molecule has 10 heteroatoms. The molecule has 1 N–H and O–H groups in total. The van der Waals surface area contributed by atoms with Gasteiger partial charge in [0.05, 0.1) is 11.9 Å². The molecule has 2 rings (SSSR count). The molecule has 7 nitrogen and oxygen atoms in total. The third-order valence-electron chi connectivity index (χ3n) is 5.70. The van der Waals surface area contributed by atoms with Gasteiger partial charge in [-0.25, -0.2) is 8.42 Å². The second kappa shape index (κ2) is 12.1. The van der Waals surface area contributed by atoms with Gasteiger partial charge >= 0.3 is 0 Å². The van der Waals surface area contributed by atoms with Gasteiger partial charge < -0.3 is 10.2 Å². The predicted molar refractivity (Wildman–Crippen MR) is 142 cm³/mol. The van der Waals surface area contributed by atoms with E-state index < -0.39 is 28.5 Å². The van der Waals surface area contributed by atoms with E-state index in [1.165, 1.54) is 4.90 Å². The van der Waals surface area contributed by atoms with Gasteiger partial charge in [0, 0.05) is 22.6 Å². The zero-order chi connectivity index (χ0) is 26.5. The van der Waals surface area contributed by atoms with Crippen LogP contribution in [0, 0.1) is 13.8 Å². The average Bonchev–Trinajstić information content (AvgIpc) is 2.74. The van der Waals surface area contributed by atoms with Gasteiger partial charge in [0.15, 0.2) is 0 Å². The van der Waals surface area contributed by atoms with Crippen LogP contribution in [0.2, 0.25) is 10.0 Å². The Bertz CT molecular complexity index is 1170. The summed E-state index contributed by atoms with van der Waals surface area (Å²) in [5.74, 6) is -0.873. The van der Waals surface area contributed by atoms with Gasteiger partial charge in [-0.3, -0.25) is 13.9 Å². The van der Waals surface area contributed by atoms with Crippen LogP contribution in [0.15, 0.2) is 36.4 Å². The Hall–Kier alpha value is -2.29. The SMILES string of the molecule is CCC(C)NC(=O)C(C)N(Cc1ccc(Cl)cc1Cl)C(=O)CN(c1cc(C)cc(C)c1)S(C)(=O)=O. The molecular weight excluding hydrogens is 509 g/mol. The minimum absolute atomic E-state index is 0.00831. The first-order chi connectivity index (χ1) is 16.2. The van der Waals surface area contributed by atoms with E-state index in [0.717, 1.165) is 28.1 Å². The highest BCUT2D eigenvalue weighted by molar-refractivity contribution is 7.92. The summed E-state index contributed by atoms with van der Waals surface area (Å²) in [7, 11) is -3.79. The van der Waals surface area contributed by atoms with E-state index in [4.69, 9.17) is 23.2 Å². The van der Waals surface area contributed by atoms with Crippen LogP contribution in [0.5, 0.6) is 0 Å². The highest BCUT2D eigenvalue weighted by Gasteiger charge is 2.31. The first kappa shape index (κ1) is 28.9. The lowest BCUT2D eigenvalue weighted by Gasteiger charge is -2.32. The second-order valence-electron chi connectivity index (χ2n) is 8.87. The number of nitrogens with zero attached hydrogens (tertiary/aromatic N) is 2. The number of halogens is 2. The van der Waals surface area contributed by atoms with E-state index in [1.54, 1.807) is 37.3 Å². The van der Waals surface area contributed by atoms with E-state index in [1.807, 2.05) is 33.8 Å². The monoisotopic (exact) mass is 541 g/mol. The minimum Gasteiger partial charge on any atom is -0.352 e. The number of sulfonamides is 1. The van der Waals surface area contributed by atoms with Crippen LogP contribution in [-0.4, -0.2) is 50.0 Å². The Kier molecular flexibility index (Phi) is 10.0. The van der Waals surface area contributed by atoms with Crippen LogP contribution < -0.4 is 9.62 Å². The standard InChI is InChI=1S/C25H33Cl2N3O4S/c1-7-18(4)28-25(32)19(5)29(14-20-8-9-21(26)13-23(20)27)24(31)15-30(35(6,33)34)22-11-16(2)10-17(3)12-22/h8-13,18-19H,7,14-15H2,1-6H3,(H,28,32). The highest BCUT2D eigenvalue weighted by atomic mass is 35.5. The van der Waals surface area contributed by atoms with Crippen molar-refractivity contribution in [1.82, 2.24) is 10.2 Å². The Morgan fingerprint density at radius 3 is 2.14 bits per heavy atom. The summed E-state index contributed by atoms with van der Waals surface area (Å²) in [6.45, 7) is 8.69. The van der Waals surface area contributed by atoms with Gasteiger partial charge in [0.2, 0.25) is 21.8 Å². The van der Waals surface area contributed by atoms with E-state index in [0.29, 0.717) is 21.3 Å². The number of nitrogens with one attached hydrogen (secondary N) is 1. The molecule has 0 aliphatic rings. The topological polar surface area (TPSA) is 86.8 Å². The number of carbonyl (C=O) groups is 2. The third kappa shape index (κ3) is 8.12. The lowest BCUT2D eigenvalue weighted by molar-refractivity contribution is -0.139. The molecule has 0 aliphatic heterocycles. The van der Waals surface area contributed by atoms with Gasteiger partial charge in [-0.05, 0) is 75.1 Å². The van der Waals surface area contributed by atoms with E-state index in [-0.39, 0.29) is 18.5 Å². The molecule has 2 aromatic rings. The average molecular weight is 543 g/mol. The van der Waals surface area contributed by atoms with Crippen molar-refractivity contribution in [3.63, 3.8) is 0 Å². The molecule has 0 aliphatic carbocycles. The first-order valence-electron chi connectivity index (χ1n) is 11.3. The van der Waals surface area contributed by atoms with Crippen molar-refractivity contribution in [1.29, 1.82) is 0 Å². The maximum absolute atomic E-state index is 13.6. The molecule has 2 aromatic carbocycles. The molecule has 0 spiro atoms. The lowest BCUT2D eigenvalue weighted by Crippen LogP contribution is -2.52. The summed E-state index contributed by atoms with van der Waals surface area (Å²) < 4.78 is 26.4. The van der Waals surface area contributed by atoms with E-state index in [2.05, 4.69) is 5.32 Å². The van der Waals surface area contributed by atoms with Gasteiger partial charge in [0.1, 0.15) is 12.6 Å². The number of benzene rings is 2. The maximum Gasteiger partial charge on any atom is 0.244 e. The molecule has 35 heavy (non-hydrogen) atoms. The molecule has 2 atom stereocenters. The molecule has 0 heterocycles. The number of aryl methyl sites for hydroxylation is 2. The number of anilines is 1. The molecule has 0 saturated carbocycles. The second-order valence-corrected chi connectivity index (χ2v) is 11.6. The van der Waals surface area contributed by atoms with Gasteiger partial charge in [-0.15, -0.1) is 0 Å². The van der Waals surface area contributed by atoms with Crippen molar-refractivity contribution >= 4 is 50.7 Å². The number of hydrogen-bond acceptors (Lipinski definition) is 4. The largest absolute Gasteiger partial charge is 0.352 e. The third-order valence-corrected chi connectivity index (χ3v) is 7.43. The molecule has 0 radical (unpaired) electrons. The summed E-state index contributed by atoms with van der Waals surface area (Å²) in [4.78, 5) is 27.9. The number of rotatable bonds is 10. The molecule has 2 amide bonds. The predicted octanol–water partition coefficient (Wildman–Crippen LogP) is 4.71. The fourth-order valence-electron chi connectivity index (χ4n) is 3.59. The lowest BCUT2D eigenvalue weighted by atomic mass is 10.1. The summed E-state index contributed by atoms with van der Waals surface area (Å²) in [5, 5.41) is 3.67. The summed E-state index contributed by atoms with van der Waals surface area (Å²) in [5.41, 5.74) is 2.71. The number of hydrogen-bond donors (Lipinski definition) is 1. The fourth-order valence-corrected chi connectivity index (χ4v) is 4.89. The van der Waals surface area contributed by atoms with Crippen molar-refractivity contribution < 1.29 is 18.0 Å². The highest BCUT2D eigenvalue weighted by Crippen LogP contribution is 2.25. The molecule has 192 valence electrons. The van der Waals surface area contributed by atoms with Gasteiger partial charge in [-0.1, -0.05) is 42.3 Å². The Morgan fingerprint density at radius 2 is 1.63 bits per heavy atom. The molecular formula is C25H33Cl2N3O4S. The van der Waals surface area contributed by atoms with Crippen molar-refractivity contribution in [2.24, 2.45) is 0 Å². The summed E-state index contributed by atoms with van der Waals surface area (Å²) >= 11 is 12.4.